The maximum Gasteiger partial charge on any atom is 0.223 e. The lowest BCUT2D eigenvalue weighted by atomic mass is 10.1. The Kier molecular flexibility index (Phi) is 5.90. The molecule has 1 aromatic carbocycles. The molecular weight excluding hydrogens is 292 g/mol. The second kappa shape index (κ2) is 7.90. The Morgan fingerprint density at radius 2 is 1.70 bits per heavy atom. The third-order valence-corrected chi connectivity index (χ3v) is 4.25. The number of carbonyl (C=O) groups is 3. The molecule has 0 saturated heterocycles. The van der Waals surface area contributed by atoms with E-state index in [1.54, 1.807) is 29.2 Å². The van der Waals surface area contributed by atoms with Crippen molar-refractivity contribution < 1.29 is 14.4 Å². The van der Waals surface area contributed by atoms with Gasteiger partial charge in [-0.1, -0.05) is 12.8 Å². The molecule has 1 saturated carbocycles. The van der Waals surface area contributed by atoms with Gasteiger partial charge < -0.3 is 10.2 Å². The Bertz CT molecular complexity index is 574. The lowest BCUT2D eigenvalue weighted by Gasteiger charge is -2.21. The number of Topliss-reactive ketones (excluding diaryl/α,β-unsaturated/α-hetero) is 1. The van der Waals surface area contributed by atoms with Crippen LogP contribution in [0.5, 0.6) is 0 Å². The summed E-state index contributed by atoms with van der Waals surface area (Å²) in [6, 6.07) is 7.18. The Labute approximate surface area is 137 Å². The molecule has 2 amide bonds. The zero-order valence-electron chi connectivity index (χ0n) is 13.8. The fourth-order valence-electron chi connectivity index (χ4n) is 2.93. The second-order valence-corrected chi connectivity index (χ2v) is 6.07. The van der Waals surface area contributed by atoms with E-state index in [4.69, 9.17) is 0 Å². The van der Waals surface area contributed by atoms with Gasteiger partial charge in [0.15, 0.2) is 5.78 Å². The molecule has 5 nitrogen and oxygen atoms in total. The summed E-state index contributed by atoms with van der Waals surface area (Å²) in [5.74, 6) is -0.139. The van der Waals surface area contributed by atoms with E-state index in [-0.39, 0.29) is 24.0 Å². The maximum atomic E-state index is 12.0. The second-order valence-electron chi connectivity index (χ2n) is 6.07. The number of carbonyl (C=O) groups excluding carboxylic acids is 3. The monoisotopic (exact) mass is 316 g/mol. The van der Waals surface area contributed by atoms with Crippen molar-refractivity contribution >= 4 is 23.3 Å². The minimum atomic E-state index is -0.116. The standard InChI is InChI=1S/C18H24N2O3/c1-13(21)15-7-9-17(10-8-15)20(14(2)22)12-11-18(23)19-16-5-3-4-6-16/h7-10,16H,3-6,11-12H2,1-2H3,(H,19,23). The smallest absolute Gasteiger partial charge is 0.223 e. The predicted octanol–water partition coefficient (Wildman–Crippen LogP) is 2.69. The zero-order chi connectivity index (χ0) is 16.8. The predicted molar refractivity (Wildman–Crippen MR) is 89.5 cm³/mol. The first-order valence-electron chi connectivity index (χ1n) is 8.16. The Morgan fingerprint density at radius 1 is 1.09 bits per heavy atom. The molecule has 124 valence electrons. The van der Waals surface area contributed by atoms with Crippen LogP contribution in [0.2, 0.25) is 0 Å². The molecule has 0 bridgehead atoms. The van der Waals surface area contributed by atoms with E-state index < -0.39 is 0 Å². The van der Waals surface area contributed by atoms with Crippen LogP contribution in [-0.4, -0.2) is 30.2 Å². The molecule has 0 radical (unpaired) electrons. The quantitative estimate of drug-likeness (QED) is 0.821. The lowest BCUT2D eigenvalue weighted by molar-refractivity contribution is -0.121. The SMILES string of the molecule is CC(=O)c1ccc(N(CCC(=O)NC2CCCC2)C(C)=O)cc1. The first kappa shape index (κ1) is 17.2. The lowest BCUT2D eigenvalue weighted by Crippen LogP contribution is -2.37. The summed E-state index contributed by atoms with van der Waals surface area (Å²) in [6.07, 6.45) is 4.73. The molecule has 1 aliphatic rings. The van der Waals surface area contributed by atoms with E-state index in [1.165, 1.54) is 26.7 Å². The van der Waals surface area contributed by atoms with Crippen LogP contribution >= 0.6 is 0 Å². The highest BCUT2D eigenvalue weighted by atomic mass is 16.2. The third-order valence-electron chi connectivity index (χ3n) is 4.25. The maximum absolute atomic E-state index is 12.0. The van der Waals surface area contributed by atoms with Gasteiger partial charge >= 0.3 is 0 Å². The van der Waals surface area contributed by atoms with Crippen molar-refractivity contribution in [2.24, 2.45) is 0 Å². The van der Waals surface area contributed by atoms with Gasteiger partial charge in [0, 0.05) is 37.2 Å². The first-order chi connectivity index (χ1) is 11.0. The number of anilines is 1. The van der Waals surface area contributed by atoms with E-state index in [9.17, 15) is 14.4 Å². The molecule has 0 unspecified atom stereocenters. The van der Waals surface area contributed by atoms with Crippen molar-refractivity contribution in [2.75, 3.05) is 11.4 Å². The average molecular weight is 316 g/mol. The molecule has 0 aromatic heterocycles. The molecule has 23 heavy (non-hydrogen) atoms. The van der Waals surface area contributed by atoms with E-state index in [1.807, 2.05) is 0 Å². The molecule has 0 spiro atoms. The molecule has 0 heterocycles. The number of rotatable bonds is 6. The molecule has 0 atom stereocenters. The Morgan fingerprint density at radius 3 is 2.22 bits per heavy atom. The topological polar surface area (TPSA) is 66.5 Å². The van der Waals surface area contributed by atoms with Crippen molar-refractivity contribution in [2.45, 2.75) is 52.0 Å². The van der Waals surface area contributed by atoms with Gasteiger partial charge in [0.05, 0.1) is 0 Å². The van der Waals surface area contributed by atoms with Crippen molar-refractivity contribution in [1.29, 1.82) is 0 Å². The molecule has 1 aromatic rings. The largest absolute Gasteiger partial charge is 0.353 e. The van der Waals surface area contributed by atoms with Gasteiger partial charge in [-0.3, -0.25) is 14.4 Å². The Balaban J connectivity index is 1.94. The summed E-state index contributed by atoms with van der Waals surface area (Å²) in [4.78, 5) is 36.7. The van der Waals surface area contributed by atoms with Crippen molar-refractivity contribution in [1.82, 2.24) is 5.32 Å². The summed E-state index contributed by atoms with van der Waals surface area (Å²) in [5, 5.41) is 3.03. The number of hydrogen-bond acceptors (Lipinski definition) is 3. The Hall–Kier alpha value is -2.17. The molecule has 1 aliphatic carbocycles. The molecule has 2 rings (SSSR count). The molecule has 5 heteroatoms. The summed E-state index contributed by atoms with van der Waals surface area (Å²) >= 11 is 0. The van der Waals surface area contributed by atoms with E-state index in [0.29, 0.717) is 23.8 Å². The first-order valence-corrected chi connectivity index (χ1v) is 8.16. The highest BCUT2D eigenvalue weighted by molar-refractivity contribution is 5.96. The van der Waals surface area contributed by atoms with Crippen molar-refractivity contribution in [3.63, 3.8) is 0 Å². The number of nitrogens with one attached hydrogen (secondary N) is 1. The summed E-state index contributed by atoms with van der Waals surface area (Å²) < 4.78 is 0. The number of ketones is 1. The van der Waals surface area contributed by atoms with Gasteiger partial charge in [0.1, 0.15) is 0 Å². The van der Waals surface area contributed by atoms with Gasteiger partial charge in [0.25, 0.3) is 0 Å². The average Bonchev–Trinajstić information content (AvgIpc) is 3.00. The normalized spacial score (nSPS) is 14.5. The fourth-order valence-corrected chi connectivity index (χ4v) is 2.93. The van der Waals surface area contributed by atoms with Gasteiger partial charge in [-0.15, -0.1) is 0 Å². The van der Waals surface area contributed by atoms with Crippen LogP contribution in [0.1, 0.15) is 56.3 Å². The van der Waals surface area contributed by atoms with Gasteiger partial charge in [0.2, 0.25) is 11.8 Å². The van der Waals surface area contributed by atoms with Crippen molar-refractivity contribution in [3.8, 4) is 0 Å². The number of benzene rings is 1. The van der Waals surface area contributed by atoms with E-state index in [0.717, 1.165) is 12.8 Å². The minimum Gasteiger partial charge on any atom is -0.353 e. The van der Waals surface area contributed by atoms with Crippen LogP contribution in [0.25, 0.3) is 0 Å². The summed E-state index contributed by atoms with van der Waals surface area (Å²) in [7, 11) is 0. The number of amides is 2. The number of nitrogens with zero attached hydrogens (tertiary/aromatic N) is 1. The molecular formula is C18H24N2O3. The molecule has 1 fully saturated rings. The zero-order valence-corrected chi connectivity index (χ0v) is 13.8. The molecule has 0 aliphatic heterocycles. The highest BCUT2D eigenvalue weighted by Crippen LogP contribution is 2.19. The van der Waals surface area contributed by atoms with Crippen LogP contribution in [0.4, 0.5) is 5.69 Å². The number of hydrogen-bond donors (Lipinski definition) is 1. The minimum absolute atomic E-state index is 0.0106. The molecule has 1 N–H and O–H groups in total. The fraction of sp³-hybridized carbons (Fsp3) is 0.500. The van der Waals surface area contributed by atoms with Gasteiger partial charge in [-0.05, 0) is 44.0 Å². The van der Waals surface area contributed by atoms with Gasteiger partial charge in [-0.2, -0.15) is 0 Å². The summed E-state index contributed by atoms with van der Waals surface area (Å²) in [5.41, 5.74) is 1.31. The third kappa shape index (κ3) is 4.91. The summed E-state index contributed by atoms with van der Waals surface area (Å²) in [6.45, 7) is 3.33. The van der Waals surface area contributed by atoms with E-state index >= 15 is 0 Å². The van der Waals surface area contributed by atoms with Crippen molar-refractivity contribution in [3.05, 3.63) is 29.8 Å². The van der Waals surface area contributed by atoms with Crippen LogP contribution in [-0.2, 0) is 9.59 Å². The van der Waals surface area contributed by atoms with Gasteiger partial charge in [-0.25, -0.2) is 0 Å². The van der Waals surface area contributed by atoms with Crippen LogP contribution in [0.3, 0.4) is 0 Å². The van der Waals surface area contributed by atoms with E-state index in [2.05, 4.69) is 5.32 Å². The van der Waals surface area contributed by atoms with Crippen LogP contribution in [0, 0.1) is 0 Å². The highest BCUT2D eigenvalue weighted by Gasteiger charge is 2.18. The van der Waals surface area contributed by atoms with Crippen LogP contribution in [0.15, 0.2) is 24.3 Å². The van der Waals surface area contributed by atoms with Crippen LogP contribution < -0.4 is 10.2 Å².